The summed E-state index contributed by atoms with van der Waals surface area (Å²) in [7, 11) is 0. The first kappa shape index (κ1) is 16.8. The molecule has 4 bridgehead atoms. The van der Waals surface area contributed by atoms with Gasteiger partial charge in [0.2, 0.25) is 0 Å². The molecule has 148 valence electrons. The predicted octanol–water partition coefficient (Wildman–Crippen LogP) is 5.31. The van der Waals surface area contributed by atoms with Crippen molar-refractivity contribution in [3.63, 3.8) is 0 Å². The molecule has 0 radical (unpaired) electrons. The Morgan fingerprint density at radius 2 is 1.03 bits per heavy atom. The van der Waals surface area contributed by atoms with Gasteiger partial charge in [0.05, 0.1) is 11.1 Å². The number of cyclic esters (lactones) is 2. The molecular formula is C27H22O3. The van der Waals surface area contributed by atoms with E-state index in [1.165, 1.54) is 37.7 Å². The van der Waals surface area contributed by atoms with Gasteiger partial charge < -0.3 is 4.74 Å². The maximum Gasteiger partial charge on any atom is 0.347 e. The number of hydrogen-bond donors (Lipinski definition) is 0. The number of carbonyl (C=O) groups excluding carboxylic acids is 2. The second kappa shape index (κ2) is 5.81. The molecule has 5 aliphatic carbocycles. The summed E-state index contributed by atoms with van der Waals surface area (Å²) in [6, 6.07) is 16.4. The molecule has 3 nitrogen and oxygen atoms in total. The summed E-state index contributed by atoms with van der Waals surface area (Å²) in [4.78, 5) is 26.2. The zero-order chi connectivity index (χ0) is 20.0. The van der Waals surface area contributed by atoms with Crippen molar-refractivity contribution < 1.29 is 14.3 Å². The third-order valence-corrected chi connectivity index (χ3v) is 8.08. The monoisotopic (exact) mass is 394 g/mol. The molecule has 0 atom stereocenters. The molecule has 1 saturated heterocycles. The van der Waals surface area contributed by atoms with Crippen molar-refractivity contribution in [2.75, 3.05) is 0 Å². The van der Waals surface area contributed by atoms with Gasteiger partial charge in [-0.1, -0.05) is 48.5 Å². The molecule has 6 aliphatic rings. The lowest BCUT2D eigenvalue weighted by atomic mass is 9.53. The zero-order valence-electron chi connectivity index (χ0n) is 16.7. The lowest BCUT2D eigenvalue weighted by Gasteiger charge is -2.51. The van der Waals surface area contributed by atoms with Gasteiger partial charge in [0, 0.05) is 5.57 Å². The van der Waals surface area contributed by atoms with E-state index in [0.29, 0.717) is 23.0 Å². The summed E-state index contributed by atoms with van der Waals surface area (Å²) in [6.45, 7) is 0. The lowest BCUT2D eigenvalue weighted by molar-refractivity contribution is -0.149. The molecule has 2 aromatic rings. The molecule has 30 heavy (non-hydrogen) atoms. The van der Waals surface area contributed by atoms with E-state index in [1.54, 1.807) is 0 Å². The molecule has 5 fully saturated rings. The number of esters is 2. The normalized spacial score (nSPS) is 30.8. The van der Waals surface area contributed by atoms with Crippen LogP contribution in [0, 0.1) is 23.7 Å². The first-order valence-electron chi connectivity index (χ1n) is 11.1. The SMILES string of the molecule is O=C1OC(=O)C(=C2C3CC4CC(C3)CC2C4)C1=C1c2ccccc2-c2ccccc21. The summed E-state index contributed by atoms with van der Waals surface area (Å²) in [5, 5.41) is 0. The van der Waals surface area contributed by atoms with Gasteiger partial charge in [0.25, 0.3) is 0 Å². The third kappa shape index (κ3) is 2.10. The number of benzene rings is 2. The molecule has 0 unspecified atom stereocenters. The van der Waals surface area contributed by atoms with Gasteiger partial charge in [-0.25, -0.2) is 9.59 Å². The Hall–Kier alpha value is -2.94. The highest BCUT2D eigenvalue weighted by molar-refractivity contribution is 6.25. The molecule has 1 aliphatic heterocycles. The number of rotatable bonds is 0. The molecular weight excluding hydrogens is 372 g/mol. The maximum absolute atomic E-state index is 13.1. The molecule has 2 aromatic carbocycles. The highest BCUT2D eigenvalue weighted by atomic mass is 16.6. The Balaban J connectivity index is 1.54. The number of hydrogen-bond acceptors (Lipinski definition) is 3. The van der Waals surface area contributed by atoms with E-state index >= 15 is 0 Å². The van der Waals surface area contributed by atoms with Crippen LogP contribution in [0.2, 0.25) is 0 Å². The van der Waals surface area contributed by atoms with Crippen molar-refractivity contribution in [1.29, 1.82) is 0 Å². The van der Waals surface area contributed by atoms with E-state index in [2.05, 4.69) is 24.3 Å². The lowest BCUT2D eigenvalue weighted by Crippen LogP contribution is -2.41. The van der Waals surface area contributed by atoms with Gasteiger partial charge in [-0.15, -0.1) is 0 Å². The van der Waals surface area contributed by atoms with Crippen molar-refractivity contribution >= 4 is 17.5 Å². The van der Waals surface area contributed by atoms with Crippen LogP contribution in [0.4, 0.5) is 0 Å². The van der Waals surface area contributed by atoms with Crippen LogP contribution in [0.1, 0.15) is 43.2 Å². The fraction of sp³-hybridized carbons (Fsp3) is 0.333. The standard InChI is InChI=1S/C27H22O3/c28-26-24(22-16-10-14-9-15(12-16)13-17(22)11-14)25(27(29)30-26)23-20-7-3-1-5-18(20)19-6-2-4-8-21(19)23/h1-8,14-17H,9-13H2. The quantitative estimate of drug-likeness (QED) is 0.295. The van der Waals surface area contributed by atoms with Crippen LogP contribution in [-0.4, -0.2) is 11.9 Å². The van der Waals surface area contributed by atoms with Crippen LogP contribution in [0.3, 0.4) is 0 Å². The number of carbonyl (C=O) groups is 2. The summed E-state index contributed by atoms with van der Waals surface area (Å²) in [5.74, 6) is 1.59. The van der Waals surface area contributed by atoms with E-state index in [0.717, 1.165) is 39.7 Å². The van der Waals surface area contributed by atoms with Crippen molar-refractivity contribution in [2.24, 2.45) is 23.7 Å². The molecule has 1 heterocycles. The van der Waals surface area contributed by atoms with Crippen molar-refractivity contribution in [2.45, 2.75) is 32.1 Å². The van der Waals surface area contributed by atoms with Crippen LogP contribution in [0.5, 0.6) is 0 Å². The second-order valence-corrected chi connectivity index (χ2v) is 9.65. The van der Waals surface area contributed by atoms with E-state index in [9.17, 15) is 9.59 Å². The predicted molar refractivity (Wildman–Crippen MR) is 113 cm³/mol. The van der Waals surface area contributed by atoms with Gasteiger partial charge in [-0.2, -0.15) is 0 Å². The van der Waals surface area contributed by atoms with Gasteiger partial charge in [-0.05, 0) is 83.6 Å². The van der Waals surface area contributed by atoms with Crippen molar-refractivity contribution in [3.8, 4) is 11.1 Å². The Morgan fingerprint density at radius 1 is 0.567 bits per heavy atom. The smallest absolute Gasteiger partial charge is 0.347 e. The number of allylic oxidation sites excluding steroid dienone is 1. The molecule has 0 amide bonds. The minimum atomic E-state index is -0.474. The van der Waals surface area contributed by atoms with Crippen LogP contribution in [0.25, 0.3) is 16.7 Å². The highest BCUT2D eigenvalue weighted by Crippen LogP contribution is 2.59. The molecule has 3 heteroatoms. The average molecular weight is 394 g/mol. The highest BCUT2D eigenvalue weighted by Gasteiger charge is 2.50. The second-order valence-electron chi connectivity index (χ2n) is 9.65. The first-order chi connectivity index (χ1) is 14.7. The Kier molecular flexibility index (Phi) is 3.26. The first-order valence-corrected chi connectivity index (χ1v) is 11.1. The fourth-order valence-electron chi connectivity index (χ4n) is 7.27. The van der Waals surface area contributed by atoms with Gasteiger partial charge in [0.15, 0.2) is 0 Å². The zero-order valence-corrected chi connectivity index (χ0v) is 16.7. The Labute approximate surface area is 175 Å². The van der Waals surface area contributed by atoms with Crippen LogP contribution < -0.4 is 0 Å². The van der Waals surface area contributed by atoms with Crippen molar-refractivity contribution in [3.05, 3.63) is 76.4 Å². The summed E-state index contributed by atoms with van der Waals surface area (Å²) < 4.78 is 5.29. The van der Waals surface area contributed by atoms with E-state index in [-0.39, 0.29) is 0 Å². The molecule has 4 saturated carbocycles. The van der Waals surface area contributed by atoms with E-state index in [1.807, 2.05) is 24.3 Å². The Bertz CT molecular complexity index is 1130. The summed E-state index contributed by atoms with van der Waals surface area (Å²) >= 11 is 0. The maximum atomic E-state index is 13.1. The number of ether oxygens (including phenoxy) is 1. The van der Waals surface area contributed by atoms with Gasteiger partial charge in [-0.3, -0.25) is 0 Å². The minimum absolute atomic E-state index is 0.424. The average Bonchev–Trinajstić information content (AvgIpc) is 3.21. The van der Waals surface area contributed by atoms with Crippen LogP contribution in [-0.2, 0) is 14.3 Å². The summed E-state index contributed by atoms with van der Waals surface area (Å²) in [6.07, 6.45) is 6.03. The fourth-order valence-corrected chi connectivity index (χ4v) is 7.27. The molecule has 0 N–H and O–H groups in total. The largest absolute Gasteiger partial charge is 0.386 e. The number of fused-ring (bicyclic) bond motifs is 3. The molecule has 0 spiro atoms. The summed E-state index contributed by atoms with van der Waals surface area (Å²) in [5.41, 5.74) is 7.55. The van der Waals surface area contributed by atoms with E-state index < -0.39 is 11.9 Å². The minimum Gasteiger partial charge on any atom is -0.386 e. The molecule has 8 rings (SSSR count). The molecule has 0 aromatic heterocycles. The van der Waals surface area contributed by atoms with Crippen LogP contribution in [0.15, 0.2) is 65.3 Å². The van der Waals surface area contributed by atoms with Crippen molar-refractivity contribution in [1.82, 2.24) is 0 Å². The van der Waals surface area contributed by atoms with E-state index in [4.69, 9.17) is 4.74 Å². The van der Waals surface area contributed by atoms with Gasteiger partial charge in [0.1, 0.15) is 0 Å². The third-order valence-electron chi connectivity index (χ3n) is 8.08. The van der Waals surface area contributed by atoms with Gasteiger partial charge >= 0.3 is 11.9 Å². The van der Waals surface area contributed by atoms with Crippen LogP contribution >= 0.6 is 0 Å². The topological polar surface area (TPSA) is 43.4 Å². The Morgan fingerprint density at radius 3 is 1.57 bits per heavy atom.